The van der Waals surface area contributed by atoms with Crippen molar-refractivity contribution in [1.82, 2.24) is 10.6 Å². The van der Waals surface area contributed by atoms with E-state index in [0.717, 1.165) is 12.8 Å². The van der Waals surface area contributed by atoms with E-state index in [1.807, 2.05) is 43.3 Å². The first-order valence-corrected chi connectivity index (χ1v) is 13.3. The van der Waals surface area contributed by atoms with Gasteiger partial charge in [0, 0.05) is 13.2 Å². The van der Waals surface area contributed by atoms with Crippen LogP contribution in [0.15, 0.2) is 72.1 Å². The molecular weight excluding hydrogens is 490 g/mol. The van der Waals surface area contributed by atoms with Crippen molar-refractivity contribution in [3.63, 3.8) is 0 Å². The average molecular weight is 522 g/mol. The van der Waals surface area contributed by atoms with Crippen LogP contribution in [0.2, 0.25) is 0 Å². The average Bonchev–Trinajstić information content (AvgIpc) is 3.65. The Morgan fingerprint density at radius 3 is 2.54 bits per heavy atom. The number of carbonyl (C=O) groups is 3. The van der Waals surface area contributed by atoms with Gasteiger partial charge in [-0.25, -0.2) is 0 Å². The van der Waals surface area contributed by atoms with Gasteiger partial charge in [-0.2, -0.15) is 0 Å². The molecule has 8 nitrogen and oxygen atoms in total. The lowest BCUT2D eigenvalue weighted by Gasteiger charge is -2.33. The summed E-state index contributed by atoms with van der Waals surface area (Å²) in [6.45, 7) is 2.98. The highest BCUT2D eigenvalue weighted by molar-refractivity contribution is 7.12. The number of hydrogen-bond donors (Lipinski definition) is 2. The lowest BCUT2D eigenvalue weighted by molar-refractivity contribution is -0.126. The van der Waals surface area contributed by atoms with Crippen LogP contribution >= 0.6 is 11.3 Å². The predicted octanol–water partition coefficient (Wildman–Crippen LogP) is 3.95. The van der Waals surface area contributed by atoms with E-state index in [-0.39, 0.29) is 24.5 Å². The first-order chi connectivity index (χ1) is 18.1. The van der Waals surface area contributed by atoms with Crippen molar-refractivity contribution in [2.75, 3.05) is 31.2 Å². The number of carbonyl (C=O) groups excluding carboxylic acids is 3. The van der Waals surface area contributed by atoms with Gasteiger partial charge in [0.25, 0.3) is 5.91 Å². The Kier molecular flexibility index (Phi) is 9.29. The quantitative estimate of drug-likeness (QED) is 0.398. The molecule has 0 radical (unpaired) electrons. The Hall–Kier alpha value is -3.69. The normalized spacial score (nSPS) is 15.5. The fourth-order valence-electron chi connectivity index (χ4n) is 4.26. The molecule has 2 N–H and O–H groups in total. The van der Waals surface area contributed by atoms with Crippen LogP contribution in [0.3, 0.4) is 0 Å². The number of amides is 3. The second kappa shape index (κ2) is 13.0. The highest BCUT2D eigenvalue weighted by Gasteiger charge is 2.35. The summed E-state index contributed by atoms with van der Waals surface area (Å²) in [7, 11) is 0. The van der Waals surface area contributed by atoms with E-state index in [2.05, 4.69) is 10.6 Å². The zero-order valence-corrected chi connectivity index (χ0v) is 21.5. The maximum absolute atomic E-state index is 13.8. The van der Waals surface area contributed by atoms with Crippen LogP contribution in [0.5, 0.6) is 5.75 Å². The van der Waals surface area contributed by atoms with Crippen molar-refractivity contribution in [2.24, 2.45) is 0 Å². The third-order valence-electron chi connectivity index (χ3n) is 5.99. The number of nitrogens with one attached hydrogen (secondary N) is 2. The molecule has 2 aromatic carbocycles. The number of para-hydroxylation sites is 2. The molecule has 2 heterocycles. The molecule has 1 aromatic heterocycles. The minimum atomic E-state index is -0.990. The van der Waals surface area contributed by atoms with Crippen molar-refractivity contribution in [1.29, 1.82) is 0 Å². The van der Waals surface area contributed by atoms with Gasteiger partial charge in [0.05, 0.1) is 29.8 Å². The summed E-state index contributed by atoms with van der Waals surface area (Å²) in [5, 5.41) is 7.48. The van der Waals surface area contributed by atoms with Gasteiger partial charge in [-0.1, -0.05) is 48.5 Å². The fourth-order valence-corrected chi connectivity index (χ4v) is 4.90. The predicted molar refractivity (Wildman–Crippen MR) is 143 cm³/mol. The first kappa shape index (κ1) is 26.4. The molecule has 1 saturated heterocycles. The Balaban J connectivity index is 1.68. The fraction of sp³-hybridized carbons (Fsp3) is 0.321. The summed E-state index contributed by atoms with van der Waals surface area (Å²) < 4.78 is 11.5. The molecule has 194 valence electrons. The second-order valence-electron chi connectivity index (χ2n) is 8.52. The van der Waals surface area contributed by atoms with Crippen molar-refractivity contribution >= 4 is 34.7 Å². The van der Waals surface area contributed by atoms with E-state index in [1.165, 1.54) is 16.2 Å². The van der Waals surface area contributed by atoms with E-state index in [1.54, 1.807) is 35.7 Å². The van der Waals surface area contributed by atoms with Gasteiger partial charge in [0.15, 0.2) is 0 Å². The molecule has 1 fully saturated rings. The number of hydrogen-bond acceptors (Lipinski definition) is 6. The SMILES string of the molecule is CCOc1ccccc1N(C(=O)CNC(=O)c1cccs1)[C@H](C(=O)NC[C@@H]1CCCO1)c1ccccc1. The molecule has 0 saturated carbocycles. The van der Waals surface area contributed by atoms with E-state index in [0.29, 0.717) is 41.6 Å². The van der Waals surface area contributed by atoms with Gasteiger partial charge in [0.2, 0.25) is 11.8 Å². The molecule has 1 aliphatic rings. The highest BCUT2D eigenvalue weighted by Crippen LogP contribution is 2.35. The second-order valence-corrected chi connectivity index (χ2v) is 9.47. The zero-order valence-electron chi connectivity index (χ0n) is 20.7. The van der Waals surface area contributed by atoms with Gasteiger partial charge in [0.1, 0.15) is 11.8 Å². The third-order valence-corrected chi connectivity index (χ3v) is 6.86. The largest absolute Gasteiger partial charge is 0.492 e. The van der Waals surface area contributed by atoms with E-state index in [9.17, 15) is 14.4 Å². The topological polar surface area (TPSA) is 97.0 Å². The maximum atomic E-state index is 13.8. The molecule has 0 aliphatic carbocycles. The summed E-state index contributed by atoms with van der Waals surface area (Å²) >= 11 is 1.29. The molecular formula is C28H31N3O5S. The first-order valence-electron chi connectivity index (χ1n) is 12.4. The number of nitrogens with zero attached hydrogens (tertiary/aromatic N) is 1. The molecule has 2 atom stereocenters. The number of anilines is 1. The molecule has 3 aromatic rings. The number of thiophene rings is 1. The van der Waals surface area contributed by atoms with Crippen LogP contribution in [-0.4, -0.2) is 50.1 Å². The molecule has 3 amide bonds. The smallest absolute Gasteiger partial charge is 0.261 e. The van der Waals surface area contributed by atoms with Gasteiger partial charge in [-0.3, -0.25) is 19.3 Å². The molecule has 9 heteroatoms. The lowest BCUT2D eigenvalue weighted by Crippen LogP contribution is -2.48. The van der Waals surface area contributed by atoms with E-state index < -0.39 is 11.9 Å². The Morgan fingerprint density at radius 1 is 1.05 bits per heavy atom. The van der Waals surface area contributed by atoms with Crippen LogP contribution in [-0.2, 0) is 14.3 Å². The maximum Gasteiger partial charge on any atom is 0.261 e. The van der Waals surface area contributed by atoms with Crippen LogP contribution in [0.4, 0.5) is 5.69 Å². The van der Waals surface area contributed by atoms with Gasteiger partial charge >= 0.3 is 0 Å². The van der Waals surface area contributed by atoms with E-state index >= 15 is 0 Å². The summed E-state index contributed by atoms with van der Waals surface area (Å²) in [5.74, 6) is -0.666. The number of rotatable bonds is 11. The highest BCUT2D eigenvalue weighted by atomic mass is 32.1. The van der Waals surface area contributed by atoms with Gasteiger partial charge in [-0.05, 0) is 48.9 Å². The Labute approximate surface area is 220 Å². The van der Waals surface area contributed by atoms with Crippen LogP contribution in [0.25, 0.3) is 0 Å². The van der Waals surface area contributed by atoms with Crippen LogP contribution < -0.4 is 20.3 Å². The standard InChI is InChI=1S/C28H31N3O5S/c1-2-35-23-14-7-6-13-22(23)31(25(32)19-30-27(33)24-15-9-17-37-24)26(20-10-4-3-5-11-20)28(34)29-18-21-12-8-16-36-21/h3-7,9-11,13-15,17,21,26H,2,8,12,16,18-19H2,1H3,(H,29,34)(H,30,33)/t21-,26-/m0/s1. The van der Waals surface area contributed by atoms with Crippen LogP contribution in [0, 0.1) is 0 Å². The molecule has 0 bridgehead atoms. The van der Waals surface area contributed by atoms with Gasteiger partial charge < -0.3 is 20.1 Å². The number of benzene rings is 2. The molecule has 1 aliphatic heterocycles. The minimum absolute atomic E-state index is 0.0506. The molecule has 4 rings (SSSR count). The van der Waals surface area contributed by atoms with Crippen molar-refractivity contribution in [3.8, 4) is 5.75 Å². The van der Waals surface area contributed by atoms with Gasteiger partial charge in [-0.15, -0.1) is 11.3 Å². The number of ether oxygens (including phenoxy) is 2. The monoisotopic (exact) mass is 521 g/mol. The zero-order chi connectivity index (χ0) is 26.0. The summed E-state index contributed by atoms with van der Waals surface area (Å²) in [4.78, 5) is 42.0. The minimum Gasteiger partial charge on any atom is -0.492 e. The Morgan fingerprint density at radius 2 is 1.84 bits per heavy atom. The van der Waals surface area contributed by atoms with E-state index in [4.69, 9.17) is 9.47 Å². The molecule has 0 spiro atoms. The molecule has 37 heavy (non-hydrogen) atoms. The summed E-state index contributed by atoms with van der Waals surface area (Å²) in [6, 6.07) is 18.7. The van der Waals surface area contributed by atoms with Crippen molar-refractivity contribution in [2.45, 2.75) is 31.9 Å². The lowest BCUT2D eigenvalue weighted by atomic mass is 10.0. The van der Waals surface area contributed by atoms with Crippen molar-refractivity contribution in [3.05, 3.63) is 82.6 Å². The summed E-state index contributed by atoms with van der Waals surface area (Å²) in [6.07, 6.45) is 1.78. The van der Waals surface area contributed by atoms with Crippen LogP contribution in [0.1, 0.15) is 41.0 Å². The molecule has 0 unspecified atom stereocenters. The third kappa shape index (κ3) is 6.75. The summed E-state index contributed by atoms with van der Waals surface area (Å²) in [5.41, 5.74) is 1.08. The van der Waals surface area contributed by atoms with Crippen molar-refractivity contribution < 1.29 is 23.9 Å². The Bertz CT molecular complexity index is 1180.